The number of benzene rings is 1. The Balaban J connectivity index is 2.29. The molecule has 0 amide bonds. The van der Waals surface area contributed by atoms with E-state index in [0.29, 0.717) is 25.5 Å². The molecule has 2 N–H and O–H groups in total. The summed E-state index contributed by atoms with van der Waals surface area (Å²) in [5.74, 6) is 2.38. The third-order valence-electron chi connectivity index (χ3n) is 2.61. The Morgan fingerprint density at radius 1 is 1.28 bits per heavy atom. The second-order valence-electron chi connectivity index (χ2n) is 4.00. The number of aryl methyl sites for hydroxylation is 1. The first kappa shape index (κ1) is 12.6. The number of nitrogens with zero attached hydrogens (tertiary/aromatic N) is 1. The zero-order chi connectivity index (χ0) is 13.0. The average molecular weight is 246 g/mol. The molecule has 0 saturated heterocycles. The second kappa shape index (κ2) is 5.69. The second-order valence-corrected chi connectivity index (χ2v) is 4.00. The molecule has 0 fully saturated rings. The topological polar surface area (TPSA) is 61.3 Å². The normalized spacial score (nSPS) is 10.6. The molecule has 1 heterocycles. The lowest BCUT2D eigenvalue weighted by molar-refractivity contribution is 0.340. The van der Waals surface area contributed by atoms with Crippen LogP contribution >= 0.6 is 0 Å². The average Bonchev–Trinajstić information content (AvgIpc) is 2.72. The third kappa shape index (κ3) is 2.71. The Morgan fingerprint density at radius 3 is 2.61 bits per heavy atom. The van der Waals surface area contributed by atoms with Crippen LogP contribution in [0.1, 0.15) is 18.6 Å². The summed E-state index contributed by atoms with van der Waals surface area (Å²) in [4.78, 5) is 4.41. The van der Waals surface area contributed by atoms with Gasteiger partial charge < -0.3 is 14.9 Å². The fourth-order valence-corrected chi connectivity index (χ4v) is 1.87. The number of hydrogen-bond donors (Lipinski definition) is 1. The minimum Gasteiger partial charge on any atom is -0.494 e. The van der Waals surface area contributed by atoms with Crippen molar-refractivity contribution in [1.29, 1.82) is 0 Å². The summed E-state index contributed by atoms with van der Waals surface area (Å²) in [6.45, 7) is 5.03. The van der Waals surface area contributed by atoms with Crippen molar-refractivity contribution in [3.63, 3.8) is 0 Å². The van der Waals surface area contributed by atoms with Gasteiger partial charge in [-0.25, -0.2) is 4.98 Å². The van der Waals surface area contributed by atoms with Crippen LogP contribution in [0.25, 0.3) is 11.3 Å². The standard InChI is InChI=1S/C14H18N2O2/c1-3-17-12-6-4-11(5-7-12)14-13(8-9-15)18-10(2)16-14/h4-7H,3,8-9,15H2,1-2H3. The van der Waals surface area contributed by atoms with Crippen molar-refractivity contribution in [2.75, 3.05) is 13.2 Å². The van der Waals surface area contributed by atoms with Gasteiger partial charge in [-0.05, 0) is 37.7 Å². The molecular weight excluding hydrogens is 228 g/mol. The fraction of sp³-hybridized carbons (Fsp3) is 0.357. The van der Waals surface area contributed by atoms with Gasteiger partial charge in [0.2, 0.25) is 0 Å². The van der Waals surface area contributed by atoms with Gasteiger partial charge in [0.15, 0.2) is 5.89 Å². The molecule has 0 aliphatic rings. The predicted molar refractivity (Wildman–Crippen MR) is 70.6 cm³/mol. The maximum atomic E-state index is 5.57. The summed E-state index contributed by atoms with van der Waals surface area (Å²) in [5, 5.41) is 0. The molecular formula is C14H18N2O2. The molecule has 2 aromatic rings. The molecule has 0 bridgehead atoms. The van der Waals surface area contributed by atoms with E-state index in [1.54, 1.807) is 0 Å². The van der Waals surface area contributed by atoms with E-state index < -0.39 is 0 Å². The van der Waals surface area contributed by atoms with Crippen molar-refractivity contribution in [3.05, 3.63) is 35.9 Å². The van der Waals surface area contributed by atoms with Crippen LogP contribution in [0.4, 0.5) is 0 Å². The molecule has 18 heavy (non-hydrogen) atoms. The highest BCUT2D eigenvalue weighted by Crippen LogP contribution is 2.26. The van der Waals surface area contributed by atoms with Gasteiger partial charge in [0.1, 0.15) is 17.2 Å². The molecule has 0 aliphatic carbocycles. The van der Waals surface area contributed by atoms with Crippen molar-refractivity contribution in [2.45, 2.75) is 20.3 Å². The van der Waals surface area contributed by atoms with Gasteiger partial charge >= 0.3 is 0 Å². The van der Waals surface area contributed by atoms with Gasteiger partial charge in [-0.3, -0.25) is 0 Å². The monoisotopic (exact) mass is 246 g/mol. The van der Waals surface area contributed by atoms with Gasteiger partial charge in [0, 0.05) is 18.9 Å². The van der Waals surface area contributed by atoms with Gasteiger partial charge in [-0.2, -0.15) is 0 Å². The first-order valence-corrected chi connectivity index (χ1v) is 6.14. The lowest BCUT2D eigenvalue weighted by Gasteiger charge is -2.04. The molecule has 1 aromatic carbocycles. The van der Waals surface area contributed by atoms with Crippen molar-refractivity contribution in [3.8, 4) is 17.0 Å². The Bertz CT molecular complexity index is 503. The maximum absolute atomic E-state index is 5.57. The lowest BCUT2D eigenvalue weighted by atomic mass is 10.1. The minimum absolute atomic E-state index is 0.554. The number of oxazole rings is 1. The highest BCUT2D eigenvalue weighted by Gasteiger charge is 2.12. The summed E-state index contributed by atoms with van der Waals surface area (Å²) >= 11 is 0. The van der Waals surface area contributed by atoms with Gasteiger partial charge in [0.05, 0.1) is 6.61 Å². The summed E-state index contributed by atoms with van der Waals surface area (Å²) in [7, 11) is 0. The summed E-state index contributed by atoms with van der Waals surface area (Å²) in [5.41, 5.74) is 7.48. The molecule has 0 spiro atoms. The van der Waals surface area contributed by atoms with Crippen LogP contribution in [-0.4, -0.2) is 18.1 Å². The first-order valence-electron chi connectivity index (χ1n) is 6.14. The molecule has 96 valence electrons. The van der Waals surface area contributed by atoms with Crippen LogP contribution in [-0.2, 0) is 6.42 Å². The van der Waals surface area contributed by atoms with E-state index in [1.807, 2.05) is 38.1 Å². The number of rotatable bonds is 5. The molecule has 0 saturated carbocycles. The molecule has 4 nitrogen and oxygen atoms in total. The zero-order valence-electron chi connectivity index (χ0n) is 10.8. The Kier molecular flexibility index (Phi) is 3.99. The highest BCUT2D eigenvalue weighted by molar-refractivity contribution is 5.62. The Labute approximate surface area is 107 Å². The largest absolute Gasteiger partial charge is 0.494 e. The van der Waals surface area contributed by atoms with Gasteiger partial charge in [-0.15, -0.1) is 0 Å². The zero-order valence-corrected chi connectivity index (χ0v) is 10.8. The van der Waals surface area contributed by atoms with Crippen LogP contribution in [0.2, 0.25) is 0 Å². The molecule has 0 radical (unpaired) electrons. The number of aromatic nitrogens is 1. The van der Waals surface area contributed by atoms with Crippen molar-refractivity contribution in [1.82, 2.24) is 4.98 Å². The minimum atomic E-state index is 0.554. The first-order chi connectivity index (χ1) is 8.74. The summed E-state index contributed by atoms with van der Waals surface area (Å²) < 4.78 is 11.0. The SMILES string of the molecule is CCOc1ccc(-c2nc(C)oc2CCN)cc1. The van der Waals surface area contributed by atoms with Gasteiger partial charge in [0.25, 0.3) is 0 Å². The van der Waals surface area contributed by atoms with Crippen molar-refractivity contribution < 1.29 is 9.15 Å². The van der Waals surface area contributed by atoms with E-state index in [2.05, 4.69) is 4.98 Å². The summed E-state index contributed by atoms with van der Waals surface area (Å²) in [6, 6.07) is 7.86. The van der Waals surface area contributed by atoms with Crippen molar-refractivity contribution >= 4 is 0 Å². The summed E-state index contributed by atoms with van der Waals surface area (Å²) in [6.07, 6.45) is 0.698. The van der Waals surface area contributed by atoms with Crippen LogP contribution in [0.5, 0.6) is 5.75 Å². The van der Waals surface area contributed by atoms with Crippen LogP contribution < -0.4 is 10.5 Å². The van der Waals surface area contributed by atoms with E-state index >= 15 is 0 Å². The maximum Gasteiger partial charge on any atom is 0.191 e. The van der Waals surface area contributed by atoms with E-state index in [-0.39, 0.29) is 0 Å². The van der Waals surface area contributed by atoms with Crippen LogP contribution in [0, 0.1) is 6.92 Å². The molecule has 0 unspecified atom stereocenters. The lowest BCUT2D eigenvalue weighted by Crippen LogP contribution is -2.02. The Morgan fingerprint density at radius 2 is 2.00 bits per heavy atom. The fourth-order valence-electron chi connectivity index (χ4n) is 1.87. The smallest absolute Gasteiger partial charge is 0.191 e. The van der Waals surface area contributed by atoms with E-state index in [4.69, 9.17) is 14.9 Å². The van der Waals surface area contributed by atoms with Crippen molar-refractivity contribution in [2.24, 2.45) is 5.73 Å². The molecule has 2 rings (SSSR count). The Hall–Kier alpha value is -1.81. The van der Waals surface area contributed by atoms with Gasteiger partial charge in [-0.1, -0.05) is 0 Å². The van der Waals surface area contributed by atoms with E-state index in [1.165, 1.54) is 0 Å². The molecule has 0 atom stereocenters. The number of hydrogen-bond acceptors (Lipinski definition) is 4. The van der Waals surface area contributed by atoms with E-state index in [9.17, 15) is 0 Å². The van der Waals surface area contributed by atoms with Crippen LogP contribution in [0.15, 0.2) is 28.7 Å². The predicted octanol–water partition coefficient (Wildman–Crippen LogP) is 2.55. The molecule has 4 heteroatoms. The van der Waals surface area contributed by atoms with E-state index in [0.717, 1.165) is 22.8 Å². The third-order valence-corrected chi connectivity index (χ3v) is 2.61. The van der Waals surface area contributed by atoms with Crippen LogP contribution in [0.3, 0.4) is 0 Å². The molecule has 0 aliphatic heterocycles. The highest BCUT2D eigenvalue weighted by atomic mass is 16.5. The quantitative estimate of drug-likeness (QED) is 0.880. The number of nitrogens with two attached hydrogens (primary N) is 1. The number of ether oxygens (including phenoxy) is 1. The molecule has 1 aromatic heterocycles.